The minimum absolute atomic E-state index is 0.0796. The SMILES string of the molecule is COc1cc(C)c(CN(C)C(=O)CNC(=O)c2ccccc2OC(F)F)cc1OC. The molecule has 9 heteroatoms. The van der Waals surface area contributed by atoms with Crippen molar-refractivity contribution >= 4 is 11.8 Å². The number of likely N-dealkylation sites (N-methyl/N-ethyl adjacent to an activating group) is 1. The number of hydrogen-bond donors (Lipinski definition) is 1. The number of para-hydroxylation sites is 1. The van der Waals surface area contributed by atoms with E-state index >= 15 is 0 Å². The maximum atomic E-state index is 12.5. The van der Waals surface area contributed by atoms with Crippen LogP contribution in [0.5, 0.6) is 17.2 Å². The number of carbonyl (C=O) groups excluding carboxylic acids is 2. The normalized spacial score (nSPS) is 10.5. The molecule has 0 bridgehead atoms. The van der Waals surface area contributed by atoms with Crippen LogP contribution in [0.4, 0.5) is 8.78 Å². The number of methoxy groups -OCH3 is 2. The highest BCUT2D eigenvalue weighted by molar-refractivity contribution is 5.98. The Bertz CT molecular complexity index is 905. The Morgan fingerprint density at radius 1 is 1.07 bits per heavy atom. The van der Waals surface area contributed by atoms with E-state index in [9.17, 15) is 18.4 Å². The molecule has 0 spiro atoms. The van der Waals surface area contributed by atoms with Crippen LogP contribution >= 0.6 is 0 Å². The Kier molecular flexibility index (Phi) is 7.97. The van der Waals surface area contributed by atoms with E-state index in [-0.39, 0.29) is 30.3 Å². The highest BCUT2D eigenvalue weighted by Gasteiger charge is 2.18. The molecule has 0 aliphatic rings. The Hall–Kier alpha value is -3.36. The van der Waals surface area contributed by atoms with Crippen LogP contribution in [-0.2, 0) is 11.3 Å². The molecule has 0 aliphatic carbocycles. The third-order valence-electron chi connectivity index (χ3n) is 4.42. The standard InChI is InChI=1S/C21H24F2N2O5/c1-13-9-17(28-3)18(29-4)10-14(13)12-25(2)19(26)11-24-20(27)15-7-5-6-8-16(15)30-21(22)23/h5-10,21H,11-12H2,1-4H3,(H,24,27). The number of carbonyl (C=O) groups is 2. The molecule has 0 heterocycles. The molecule has 0 saturated heterocycles. The number of ether oxygens (including phenoxy) is 3. The lowest BCUT2D eigenvalue weighted by atomic mass is 10.1. The number of alkyl halides is 2. The van der Waals surface area contributed by atoms with Crippen molar-refractivity contribution in [2.24, 2.45) is 0 Å². The second-order valence-electron chi connectivity index (χ2n) is 6.44. The van der Waals surface area contributed by atoms with Crippen LogP contribution in [0.1, 0.15) is 21.5 Å². The van der Waals surface area contributed by atoms with Crippen molar-refractivity contribution in [2.45, 2.75) is 20.1 Å². The Balaban J connectivity index is 2.01. The van der Waals surface area contributed by atoms with E-state index in [0.717, 1.165) is 11.1 Å². The van der Waals surface area contributed by atoms with Crippen molar-refractivity contribution < 1.29 is 32.6 Å². The summed E-state index contributed by atoms with van der Waals surface area (Å²) in [5, 5.41) is 2.43. The maximum Gasteiger partial charge on any atom is 0.387 e. The Morgan fingerprint density at radius 3 is 2.33 bits per heavy atom. The van der Waals surface area contributed by atoms with Crippen LogP contribution in [0.2, 0.25) is 0 Å². The van der Waals surface area contributed by atoms with Gasteiger partial charge in [0.1, 0.15) is 5.75 Å². The minimum atomic E-state index is -3.06. The van der Waals surface area contributed by atoms with E-state index in [1.807, 2.05) is 13.0 Å². The quantitative estimate of drug-likeness (QED) is 0.672. The molecule has 0 saturated carbocycles. The number of amides is 2. The summed E-state index contributed by atoms with van der Waals surface area (Å²) in [6.07, 6.45) is 0. The van der Waals surface area contributed by atoms with Crippen LogP contribution in [-0.4, -0.2) is 51.1 Å². The van der Waals surface area contributed by atoms with Crippen molar-refractivity contribution in [3.05, 3.63) is 53.1 Å². The maximum absolute atomic E-state index is 12.5. The van der Waals surface area contributed by atoms with Crippen LogP contribution in [0.25, 0.3) is 0 Å². The van der Waals surface area contributed by atoms with E-state index in [1.165, 1.54) is 36.3 Å². The molecular weight excluding hydrogens is 398 g/mol. The molecule has 0 aromatic heterocycles. The Labute approximate surface area is 173 Å². The number of halogens is 2. The van der Waals surface area contributed by atoms with Gasteiger partial charge in [-0.1, -0.05) is 12.1 Å². The predicted molar refractivity (Wildman–Crippen MR) is 106 cm³/mol. The van der Waals surface area contributed by atoms with Gasteiger partial charge in [0.2, 0.25) is 5.91 Å². The average Bonchev–Trinajstić information content (AvgIpc) is 2.72. The third kappa shape index (κ3) is 5.82. The van der Waals surface area contributed by atoms with Gasteiger partial charge in [-0.25, -0.2) is 0 Å². The fourth-order valence-corrected chi connectivity index (χ4v) is 2.78. The zero-order chi connectivity index (χ0) is 22.3. The van der Waals surface area contributed by atoms with Gasteiger partial charge in [0, 0.05) is 13.6 Å². The van der Waals surface area contributed by atoms with Gasteiger partial charge in [0.15, 0.2) is 11.5 Å². The molecule has 2 amide bonds. The Morgan fingerprint density at radius 2 is 1.70 bits per heavy atom. The van der Waals surface area contributed by atoms with Gasteiger partial charge in [0.05, 0.1) is 26.3 Å². The van der Waals surface area contributed by atoms with Gasteiger partial charge in [-0.15, -0.1) is 0 Å². The van der Waals surface area contributed by atoms with Crippen molar-refractivity contribution in [3.8, 4) is 17.2 Å². The summed E-state index contributed by atoms with van der Waals surface area (Å²) in [4.78, 5) is 26.2. The lowest BCUT2D eigenvalue weighted by molar-refractivity contribution is -0.129. The van der Waals surface area contributed by atoms with Crippen LogP contribution < -0.4 is 19.5 Å². The molecule has 0 unspecified atom stereocenters. The van der Waals surface area contributed by atoms with Gasteiger partial charge in [-0.05, 0) is 42.3 Å². The first-order chi connectivity index (χ1) is 14.3. The molecule has 2 aromatic rings. The summed E-state index contributed by atoms with van der Waals surface area (Å²) in [5.41, 5.74) is 1.68. The monoisotopic (exact) mass is 422 g/mol. The number of hydrogen-bond acceptors (Lipinski definition) is 5. The van der Waals surface area contributed by atoms with Gasteiger partial charge in [0.25, 0.3) is 5.91 Å². The molecule has 0 atom stereocenters. The molecule has 162 valence electrons. The topological polar surface area (TPSA) is 77.1 Å². The summed E-state index contributed by atoms with van der Waals surface area (Å²) in [7, 11) is 4.66. The van der Waals surface area contributed by atoms with Gasteiger partial charge < -0.3 is 24.4 Å². The van der Waals surface area contributed by atoms with E-state index in [2.05, 4.69) is 10.1 Å². The molecule has 2 rings (SSSR count). The highest BCUT2D eigenvalue weighted by Crippen LogP contribution is 2.30. The first-order valence-electron chi connectivity index (χ1n) is 9.04. The zero-order valence-corrected chi connectivity index (χ0v) is 17.2. The molecule has 0 radical (unpaired) electrons. The third-order valence-corrected chi connectivity index (χ3v) is 4.42. The number of rotatable bonds is 9. The highest BCUT2D eigenvalue weighted by atomic mass is 19.3. The van der Waals surface area contributed by atoms with Crippen LogP contribution in [0, 0.1) is 6.92 Å². The first-order valence-corrected chi connectivity index (χ1v) is 9.04. The lowest BCUT2D eigenvalue weighted by Crippen LogP contribution is -2.38. The average molecular weight is 422 g/mol. The largest absolute Gasteiger partial charge is 0.493 e. The lowest BCUT2D eigenvalue weighted by Gasteiger charge is -2.20. The van der Waals surface area contributed by atoms with E-state index < -0.39 is 12.5 Å². The molecule has 0 aliphatic heterocycles. The summed E-state index contributed by atoms with van der Waals surface area (Å²) < 4.78 is 39.9. The molecule has 0 fully saturated rings. The molecule has 2 aromatic carbocycles. The fourth-order valence-electron chi connectivity index (χ4n) is 2.78. The first kappa shape index (κ1) is 22.9. The van der Waals surface area contributed by atoms with E-state index in [4.69, 9.17) is 9.47 Å². The molecule has 7 nitrogen and oxygen atoms in total. The summed E-state index contributed by atoms with van der Waals surface area (Å²) in [5.74, 6) is -0.167. The number of nitrogens with one attached hydrogen (secondary N) is 1. The number of nitrogens with zero attached hydrogens (tertiary/aromatic N) is 1. The van der Waals surface area contributed by atoms with Crippen LogP contribution in [0.3, 0.4) is 0 Å². The number of aryl methyl sites for hydroxylation is 1. The smallest absolute Gasteiger partial charge is 0.387 e. The predicted octanol–water partition coefficient (Wildman–Crippen LogP) is 3.00. The van der Waals surface area contributed by atoms with Gasteiger partial charge in [-0.3, -0.25) is 9.59 Å². The van der Waals surface area contributed by atoms with Crippen molar-refractivity contribution in [1.82, 2.24) is 10.2 Å². The fraction of sp³-hybridized carbons (Fsp3) is 0.333. The zero-order valence-electron chi connectivity index (χ0n) is 17.2. The minimum Gasteiger partial charge on any atom is -0.493 e. The summed E-state index contributed by atoms with van der Waals surface area (Å²) in [6.45, 7) is -1.19. The van der Waals surface area contributed by atoms with E-state index in [1.54, 1.807) is 20.2 Å². The molecule has 1 N–H and O–H groups in total. The second-order valence-corrected chi connectivity index (χ2v) is 6.44. The van der Waals surface area contributed by atoms with Crippen LogP contribution in [0.15, 0.2) is 36.4 Å². The number of benzene rings is 2. The van der Waals surface area contributed by atoms with Crippen molar-refractivity contribution in [2.75, 3.05) is 27.8 Å². The summed E-state index contributed by atoms with van der Waals surface area (Å²) in [6, 6.07) is 9.19. The van der Waals surface area contributed by atoms with Crippen molar-refractivity contribution in [3.63, 3.8) is 0 Å². The van der Waals surface area contributed by atoms with E-state index in [0.29, 0.717) is 11.5 Å². The molecular formula is C21H24F2N2O5. The second kappa shape index (κ2) is 10.4. The van der Waals surface area contributed by atoms with Gasteiger partial charge >= 0.3 is 6.61 Å². The van der Waals surface area contributed by atoms with Crippen molar-refractivity contribution in [1.29, 1.82) is 0 Å². The summed E-state index contributed by atoms with van der Waals surface area (Å²) >= 11 is 0. The van der Waals surface area contributed by atoms with Gasteiger partial charge in [-0.2, -0.15) is 8.78 Å². The molecule has 30 heavy (non-hydrogen) atoms.